The molecule has 1 heterocycles. The third kappa shape index (κ3) is 7.44. The lowest BCUT2D eigenvalue weighted by atomic mass is 10.2. The van der Waals surface area contributed by atoms with E-state index in [0.717, 1.165) is 11.3 Å². The molecule has 7 nitrogen and oxygen atoms in total. The van der Waals surface area contributed by atoms with Crippen LogP contribution in [0.15, 0.2) is 35.1 Å². The molecule has 1 N–H and O–H groups in total. The number of carbonyl (C=O) groups excluding carboxylic acids is 1. The van der Waals surface area contributed by atoms with E-state index in [4.69, 9.17) is 14.2 Å². The highest BCUT2D eigenvalue weighted by Gasteiger charge is 2.21. The number of aromatic amines is 1. The first kappa shape index (κ1) is 22.7. The number of carbonyl (C=O) groups is 1. The van der Waals surface area contributed by atoms with Gasteiger partial charge in [-0.3, -0.25) is 4.79 Å². The van der Waals surface area contributed by atoms with Crippen LogP contribution in [0.25, 0.3) is 0 Å². The first-order valence-electron chi connectivity index (χ1n) is 8.75. The highest BCUT2D eigenvalue weighted by molar-refractivity contribution is 14.2. The number of aromatic nitrogens is 2. The minimum absolute atomic E-state index is 0.104. The standard InChI is InChI=1S/C19H25IN2O5S/c1-4-26-19(24)16-17(27-12-14-8-6-5-7-9-14)18(23)22-15(21-16)13-25-10-11-28(2,3)20/h5-9H,4,10-13H2,1-3H3,(H,21,22,23). The number of nitrogens with zero attached hydrogens (tertiary/aromatic N) is 1. The van der Waals surface area contributed by atoms with Crippen molar-refractivity contribution in [3.8, 4) is 5.75 Å². The lowest BCUT2D eigenvalue weighted by Crippen LogP contribution is -2.22. The highest BCUT2D eigenvalue weighted by atomic mass is 127. The zero-order valence-corrected chi connectivity index (χ0v) is 19.2. The fourth-order valence-corrected chi connectivity index (χ4v) is 3.26. The second kappa shape index (κ2) is 10.8. The zero-order valence-electron chi connectivity index (χ0n) is 16.2. The van der Waals surface area contributed by atoms with Crippen molar-refractivity contribution in [3.05, 3.63) is 57.8 Å². The van der Waals surface area contributed by atoms with E-state index in [1.807, 2.05) is 30.3 Å². The predicted octanol–water partition coefficient (Wildman–Crippen LogP) is 3.46. The van der Waals surface area contributed by atoms with Crippen molar-refractivity contribution < 1.29 is 19.0 Å². The van der Waals surface area contributed by atoms with E-state index >= 15 is 0 Å². The van der Waals surface area contributed by atoms with Gasteiger partial charge in [0.1, 0.15) is 19.0 Å². The summed E-state index contributed by atoms with van der Waals surface area (Å²) in [5, 5.41) is 0. The van der Waals surface area contributed by atoms with Crippen LogP contribution in [0.4, 0.5) is 0 Å². The SMILES string of the molecule is CCOC(=O)c1nc(COCCS(C)(C)I)[nH]c(=O)c1OCc1ccccc1. The van der Waals surface area contributed by atoms with Crippen LogP contribution < -0.4 is 10.3 Å². The van der Waals surface area contributed by atoms with E-state index in [1.165, 1.54) is 0 Å². The Bertz CT molecular complexity index is 836. The van der Waals surface area contributed by atoms with Crippen LogP contribution in [0.3, 0.4) is 0 Å². The first-order chi connectivity index (χ1) is 13.3. The van der Waals surface area contributed by atoms with Crippen molar-refractivity contribution in [2.75, 3.05) is 31.5 Å². The Kier molecular flexibility index (Phi) is 8.77. The van der Waals surface area contributed by atoms with E-state index < -0.39 is 18.7 Å². The van der Waals surface area contributed by atoms with E-state index in [-0.39, 0.29) is 37.1 Å². The molecular formula is C19H25IN2O5S. The number of benzene rings is 1. The summed E-state index contributed by atoms with van der Waals surface area (Å²) in [4.78, 5) is 31.6. The summed E-state index contributed by atoms with van der Waals surface area (Å²) in [6, 6.07) is 9.35. The van der Waals surface area contributed by atoms with Crippen LogP contribution in [0.1, 0.15) is 28.8 Å². The Hall–Kier alpha value is -1.59. The van der Waals surface area contributed by atoms with Crippen molar-refractivity contribution in [1.29, 1.82) is 0 Å². The van der Waals surface area contributed by atoms with Crippen molar-refractivity contribution in [3.63, 3.8) is 0 Å². The average molecular weight is 520 g/mol. The van der Waals surface area contributed by atoms with Crippen molar-refractivity contribution >= 4 is 34.4 Å². The second-order valence-corrected chi connectivity index (χ2v) is 16.7. The van der Waals surface area contributed by atoms with Crippen LogP contribution in [-0.4, -0.2) is 47.4 Å². The maximum atomic E-state index is 12.5. The van der Waals surface area contributed by atoms with Gasteiger partial charge in [-0.25, -0.2) is 9.78 Å². The molecule has 0 unspecified atom stereocenters. The summed E-state index contributed by atoms with van der Waals surface area (Å²) < 4.78 is 16.2. The highest BCUT2D eigenvalue weighted by Crippen LogP contribution is 2.48. The van der Waals surface area contributed by atoms with E-state index in [1.54, 1.807) is 6.92 Å². The Morgan fingerprint density at radius 2 is 1.93 bits per heavy atom. The van der Waals surface area contributed by atoms with E-state index in [9.17, 15) is 9.59 Å². The monoisotopic (exact) mass is 520 g/mol. The van der Waals surface area contributed by atoms with Crippen LogP contribution in [0.2, 0.25) is 0 Å². The smallest absolute Gasteiger partial charge is 0.361 e. The van der Waals surface area contributed by atoms with Crippen LogP contribution in [0, 0.1) is 0 Å². The number of nitrogens with one attached hydrogen (secondary N) is 1. The summed E-state index contributed by atoms with van der Waals surface area (Å²) in [5.41, 5.74) is 0.195. The molecular weight excluding hydrogens is 495 g/mol. The summed E-state index contributed by atoms with van der Waals surface area (Å²) in [6.07, 6.45) is 4.38. The molecule has 0 spiro atoms. The quantitative estimate of drug-likeness (QED) is 0.293. The number of rotatable bonds is 10. The molecule has 0 amide bonds. The molecule has 0 radical (unpaired) electrons. The van der Waals surface area contributed by atoms with E-state index in [0.29, 0.717) is 6.61 Å². The molecule has 0 bridgehead atoms. The summed E-state index contributed by atoms with van der Waals surface area (Å²) in [7, 11) is -0.698. The van der Waals surface area contributed by atoms with Crippen molar-refractivity contribution in [2.45, 2.75) is 20.1 Å². The molecule has 9 heteroatoms. The van der Waals surface area contributed by atoms with Crippen LogP contribution >= 0.6 is 28.4 Å². The molecule has 2 aromatic rings. The van der Waals surface area contributed by atoms with Gasteiger partial charge in [-0.1, -0.05) is 30.3 Å². The molecule has 28 heavy (non-hydrogen) atoms. The predicted molar refractivity (Wildman–Crippen MR) is 120 cm³/mol. The Morgan fingerprint density at radius 3 is 2.57 bits per heavy atom. The minimum atomic E-state index is -0.698. The Labute approximate surface area is 178 Å². The van der Waals surface area contributed by atoms with Crippen molar-refractivity contribution in [2.24, 2.45) is 0 Å². The lowest BCUT2D eigenvalue weighted by Gasteiger charge is -2.21. The third-order valence-electron chi connectivity index (χ3n) is 3.57. The molecule has 0 saturated carbocycles. The summed E-state index contributed by atoms with van der Waals surface area (Å²) >= 11 is 2.43. The van der Waals surface area contributed by atoms with Gasteiger partial charge in [-0.15, -0.1) is 0 Å². The molecule has 0 aliphatic heterocycles. The largest absolute Gasteiger partial charge is 0.481 e. The lowest BCUT2D eigenvalue weighted by molar-refractivity contribution is 0.0511. The second-order valence-electron chi connectivity index (χ2n) is 6.35. The third-order valence-corrected chi connectivity index (χ3v) is 6.03. The summed E-state index contributed by atoms with van der Waals surface area (Å²) in [5.74, 6) is 0.349. The maximum absolute atomic E-state index is 12.5. The Morgan fingerprint density at radius 1 is 1.21 bits per heavy atom. The molecule has 0 atom stereocenters. The van der Waals surface area contributed by atoms with Crippen LogP contribution in [0.5, 0.6) is 5.75 Å². The molecule has 2 rings (SSSR count). The molecule has 0 fully saturated rings. The number of hydrogen-bond donors (Lipinski definition) is 1. The number of hydrogen-bond acceptors (Lipinski definition) is 6. The van der Waals surface area contributed by atoms with Gasteiger partial charge >= 0.3 is 5.97 Å². The number of halogens is 1. The topological polar surface area (TPSA) is 90.5 Å². The van der Waals surface area contributed by atoms with Gasteiger partial charge in [-0.05, 0) is 46.2 Å². The fraction of sp³-hybridized carbons (Fsp3) is 0.421. The Balaban J connectivity index is 2.16. The molecule has 0 aliphatic carbocycles. The van der Waals surface area contributed by atoms with Gasteiger partial charge in [0.15, 0.2) is 5.69 Å². The average Bonchev–Trinajstić information content (AvgIpc) is 2.64. The molecule has 0 saturated heterocycles. The van der Waals surface area contributed by atoms with Gasteiger partial charge in [-0.2, -0.15) is 7.20 Å². The molecule has 0 aliphatic rings. The van der Waals surface area contributed by atoms with Gasteiger partial charge in [0.05, 0.1) is 13.2 Å². The van der Waals surface area contributed by atoms with Gasteiger partial charge < -0.3 is 19.2 Å². The van der Waals surface area contributed by atoms with Crippen LogP contribution in [-0.2, 0) is 22.7 Å². The minimum Gasteiger partial charge on any atom is -0.481 e. The first-order valence-corrected chi connectivity index (χ1v) is 13.9. The summed E-state index contributed by atoms with van der Waals surface area (Å²) in [6.45, 7) is 2.66. The van der Waals surface area contributed by atoms with Gasteiger partial charge in [0.2, 0.25) is 5.75 Å². The van der Waals surface area contributed by atoms with Gasteiger partial charge in [0, 0.05) is 5.75 Å². The maximum Gasteiger partial charge on any atom is 0.361 e. The number of H-pyrrole nitrogens is 1. The normalized spacial score (nSPS) is 11.9. The van der Waals surface area contributed by atoms with Gasteiger partial charge in [0.25, 0.3) is 5.56 Å². The zero-order chi connectivity index (χ0) is 20.6. The van der Waals surface area contributed by atoms with Crippen molar-refractivity contribution in [1.82, 2.24) is 9.97 Å². The molecule has 154 valence electrons. The van der Waals surface area contributed by atoms with E-state index in [2.05, 4.69) is 43.7 Å². The number of esters is 1. The fourth-order valence-electron chi connectivity index (χ4n) is 2.20. The molecule has 1 aromatic heterocycles. The molecule has 1 aromatic carbocycles. The number of ether oxygens (including phenoxy) is 3.